The van der Waals surface area contributed by atoms with Crippen LogP contribution in [0.25, 0.3) is 0 Å². The molecular formula is C30H32Cl2FN3O4S. The number of benzene rings is 3. The molecule has 218 valence electrons. The highest BCUT2D eigenvalue weighted by atomic mass is 35.5. The summed E-state index contributed by atoms with van der Waals surface area (Å²) in [6.45, 7) is -0.669. The van der Waals surface area contributed by atoms with Gasteiger partial charge in [-0.15, -0.1) is 0 Å². The van der Waals surface area contributed by atoms with Crippen molar-refractivity contribution in [3.8, 4) is 0 Å². The third-order valence-corrected chi connectivity index (χ3v) is 8.96. The number of hydrogen-bond donors (Lipinski definition) is 1. The molecule has 0 saturated heterocycles. The van der Waals surface area contributed by atoms with E-state index in [1.165, 1.54) is 23.1 Å². The molecule has 0 heterocycles. The number of rotatable bonds is 11. The molecule has 1 aliphatic rings. The third-order valence-electron chi connectivity index (χ3n) is 7.08. The minimum absolute atomic E-state index is 0.00233. The molecule has 0 unspecified atom stereocenters. The maximum atomic E-state index is 14.1. The van der Waals surface area contributed by atoms with Crippen molar-refractivity contribution in [3.63, 3.8) is 0 Å². The number of halogens is 3. The minimum Gasteiger partial charge on any atom is -0.352 e. The number of amides is 2. The van der Waals surface area contributed by atoms with E-state index in [-0.39, 0.29) is 35.6 Å². The van der Waals surface area contributed by atoms with Crippen LogP contribution in [0.5, 0.6) is 0 Å². The molecule has 1 saturated carbocycles. The SMILES string of the molecule is CS(=O)(=O)N(CC(=O)N(Cc1ccc(Cl)c(Cl)c1)[C@H](Cc1ccccc1)C(=O)NC1CCCC1)c1cccc(F)c1. The number of anilines is 1. The Morgan fingerprint density at radius 2 is 1.66 bits per heavy atom. The van der Waals surface area contributed by atoms with E-state index in [9.17, 15) is 22.4 Å². The molecule has 0 spiro atoms. The van der Waals surface area contributed by atoms with Gasteiger partial charge in [0.2, 0.25) is 21.8 Å². The summed E-state index contributed by atoms with van der Waals surface area (Å²) in [6, 6.07) is 18.3. The monoisotopic (exact) mass is 619 g/mol. The van der Waals surface area contributed by atoms with Crippen LogP contribution < -0.4 is 9.62 Å². The van der Waals surface area contributed by atoms with Gasteiger partial charge in [0.05, 0.1) is 22.0 Å². The third kappa shape index (κ3) is 8.44. The van der Waals surface area contributed by atoms with Gasteiger partial charge in [-0.1, -0.05) is 78.5 Å². The van der Waals surface area contributed by atoms with Crippen molar-refractivity contribution < 1.29 is 22.4 Å². The van der Waals surface area contributed by atoms with Gasteiger partial charge in [0.15, 0.2) is 0 Å². The van der Waals surface area contributed by atoms with Crippen molar-refractivity contribution in [2.24, 2.45) is 0 Å². The van der Waals surface area contributed by atoms with Gasteiger partial charge in [0.25, 0.3) is 0 Å². The zero-order valence-corrected chi connectivity index (χ0v) is 24.9. The number of nitrogens with one attached hydrogen (secondary N) is 1. The standard InChI is InChI=1S/C30H32Cl2FN3O4S/c1-41(39,40)36(25-13-7-10-23(33)18-25)20-29(37)35(19-22-14-15-26(31)27(32)16-22)28(17-21-8-3-2-4-9-21)30(38)34-24-11-5-6-12-24/h2-4,7-10,13-16,18,24,28H,5-6,11-12,17,19-20H2,1H3,(H,34,38)/t28-/m1/s1. The smallest absolute Gasteiger partial charge is 0.244 e. The lowest BCUT2D eigenvalue weighted by Crippen LogP contribution is -2.54. The highest BCUT2D eigenvalue weighted by molar-refractivity contribution is 7.92. The molecule has 2 amide bonds. The topological polar surface area (TPSA) is 86.8 Å². The molecule has 41 heavy (non-hydrogen) atoms. The van der Waals surface area contributed by atoms with Gasteiger partial charge in [-0.2, -0.15) is 0 Å². The zero-order chi connectivity index (χ0) is 29.6. The van der Waals surface area contributed by atoms with E-state index in [2.05, 4.69) is 5.32 Å². The lowest BCUT2D eigenvalue weighted by atomic mass is 10.0. The normalized spacial score (nSPS) is 14.4. The first-order valence-electron chi connectivity index (χ1n) is 13.3. The van der Waals surface area contributed by atoms with Crippen molar-refractivity contribution in [1.29, 1.82) is 0 Å². The molecule has 11 heteroatoms. The van der Waals surface area contributed by atoms with Crippen molar-refractivity contribution >= 4 is 50.7 Å². The van der Waals surface area contributed by atoms with Crippen molar-refractivity contribution in [2.75, 3.05) is 17.1 Å². The van der Waals surface area contributed by atoms with Gasteiger partial charge in [-0.25, -0.2) is 12.8 Å². The number of carbonyl (C=O) groups is 2. The lowest BCUT2D eigenvalue weighted by molar-refractivity contribution is -0.140. The van der Waals surface area contributed by atoms with Crippen LogP contribution in [0.15, 0.2) is 72.8 Å². The molecule has 1 N–H and O–H groups in total. The summed E-state index contributed by atoms with van der Waals surface area (Å²) >= 11 is 12.4. The predicted octanol–water partition coefficient (Wildman–Crippen LogP) is 5.60. The Balaban J connectivity index is 1.74. The Bertz CT molecular complexity index is 1480. The summed E-state index contributed by atoms with van der Waals surface area (Å²) in [5, 5.41) is 3.72. The fourth-order valence-electron chi connectivity index (χ4n) is 5.00. The summed E-state index contributed by atoms with van der Waals surface area (Å²) < 4.78 is 40.5. The van der Waals surface area contributed by atoms with Crippen LogP contribution >= 0.6 is 23.2 Å². The second-order valence-corrected chi connectivity index (χ2v) is 12.9. The van der Waals surface area contributed by atoms with Crippen molar-refractivity contribution in [3.05, 3.63) is 99.8 Å². The van der Waals surface area contributed by atoms with Gasteiger partial charge in [-0.3, -0.25) is 13.9 Å². The summed E-state index contributed by atoms with van der Waals surface area (Å²) in [5.41, 5.74) is 1.44. The second kappa shape index (κ2) is 13.7. The average molecular weight is 621 g/mol. The van der Waals surface area contributed by atoms with E-state index in [1.54, 1.807) is 18.2 Å². The number of hydrogen-bond acceptors (Lipinski definition) is 4. The van der Waals surface area contributed by atoms with Gasteiger partial charge in [0.1, 0.15) is 18.4 Å². The zero-order valence-electron chi connectivity index (χ0n) is 22.6. The van der Waals surface area contributed by atoms with Crippen LogP contribution in [-0.2, 0) is 32.6 Å². The van der Waals surface area contributed by atoms with Crippen LogP contribution in [0.1, 0.15) is 36.8 Å². The molecule has 1 fully saturated rings. The Kier molecular flexibility index (Phi) is 10.3. The Hall–Kier alpha value is -3.14. The molecule has 3 aromatic carbocycles. The molecule has 3 aromatic rings. The van der Waals surface area contributed by atoms with Gasteiger partial charge < -0.3 is 10.2 Å². The highest BCUT2D eigenvalue weighted by Gasteiger charge is 2.34. The van der Waals surface area contributed by atoms with Crippen LogP contribution in [0.3, 0.4) is 0 Å². The van der Waals surface area contributed by atoms with Crippen LogP contribution in [-0.4, -0.2) is 50.0 Å². The first kappa shape index (κ1) is 30.8. The Labute approximate surface area is 250 Å². The first-order valence-corrected chi connectivity index (χ1v) is 15.9. The van der Waals surface area contributed by atoms with Gasteiger partial charge in [0, 0.05) is 19.0 Å². The van der Waals surface area contributed by atoms with Crippen LogP contribution in [0.4, 0.5) is 10.1 Å². The van der Waals surface area contributed by atoms with E-state index in [0.29, 0.717) is 10.6 Å². The lowest BCUT2D eigenvalue weighted by Gasteiger charge is -2.34. The minimum atomic E-state index is -3.99. The van der Waals surface area contributed by atoms with E-state index in [0.717, 1.165) is 47.9 Å². The quantitative estimate of drug-likeness (QED) is 0.303. The van der Waals surface area contributed by atoms with E-state index >= 15 is 0 Å². The van der Waals surface area contributed by atoms with E-state index < -0.39 is 34.3 Å². The second-order valence-electron chi connectivity index (χ2n) is 10.2. The molecule has 0 bridgehead atoms. The van der Waals surface area contributed by atoms with E-state index in [4.69, 9.17) is 23.2 Å². The number of sulfonamides is 1. The molecule has 0 radical (unpaired) electrons. The summed E-state index contributed by atoms with van der Waals surface area (Å²) in [7, 11) is -3.99. The number of nitrogens with zero attached hydrogens (tertiary/aromatic N) is 2. The maximum absolute atomic E-state index is 14.1. The largest absolute Gasteiger partial charge is 0.352 e. The first-order chi connectivity index (χ1) is 19.5. The summed E-state index contributed by atoms with van der Waals surface area (Å²) in [5.74, 6) is -1.60. The van der Waals surface area contributed by atoms with Crippen LogP contribution in [0.2, 0.25) is 10.0 Å². The van der Waals surface area contributed by atoms with Crippen LogP contribution in [0, 0.1) is 5.82 Å². The Morgan fingerprint density at radius 3 is 2.29 bits per heavy atom. The van der Waals surface area contributed by atoms with Crippen molar-refractivity contribution in [2.45, 2.75) is 50.7 Å². The Morgan fingerprint density at radius 1 is 0.951 bits per heavy atom. The molecule has 7 nitrogen and oxygen atoms in total. The van der Waals surface area contributed by atoms with Gasteiger partial charge >= 0.3 is 0 Å². The molecule has 4 rings (SSSR count). The molecule has 0 aromatic heterocycles. The summed E-state index contributed by atoms with van der Waals surface area (Å²) in [4.78, 5) is 29.3. The molecular weight excluding hydrogens is 588 g/mol. The number of carbonyl (C=O) groups excluding carboxylic acids is 2. The summed E-state index contributed by atoms with van der Waals surface area (Å²) in [6.07, 6.45) is 4.88. The molecule has 1 aliphatic carbocycles. The average Bonchev–Trinajstić information content (AvgIpc) is 3.44. The predicted molar refractivity (Wildman–Crippen MR) is 160 cm³/mol. The highest BCUT2D eigenvalue weighted by Crippen LogP contribution is 2.26. The molecule has 1 atom stereocenters. The maximum Gasteiger partial charge on any atom is 0.244 e. The molecule has 0 aliphatic heterocycles. The van der Waals surface area contributed by atoms with Crippen molar-refractivity contribution in [1.82, 2.24) is 10.2 Å². The fourth-order valence-corrected chi connectivity index (χ4v) is 6.16. The van der Waals surface area contributed by atoms with Gasteiger partial charge in [-0.05, 0) is 54.3 Å². The fraction of sp³-hybridized carbons (Fsp3) is 0.333. The van der Waals surface area contributed by atoms with E-state index in [1.807, 2.05) is 30.3 Å².